The van der Waals surface area contributed by atoms with Gasteiger partial charge in [0.05, 0.1) is 0 Å². The van der Waals surface area contributed by atoms with Crippen molar-refractivity contribution in [1.82, 2.24) is 10.2 Å². The van der Waals surface area contributed by atoms with Gasteiger partial charge in [-0.15, -0.1) is 0 Å². The Labute approximate surface area is 194 Å². The van der Waals surface area contributed by atoms with E-state index in [9.17, 15) is 9.59 Å². The van der Waals surface area contributed by atoms with Gasteiger partial charge in [0.15, 0.2) is 0 Å². The summed E-state index contributed by atoms with van der Waals surface area (Å²) in [5, 5.41) is 3.80. The van der Waals surface area contributed by atoms with Crippen LogP contribution in [-0.2, 0) is 21.9 Å². The third kappa shape index (κ3) is 7.58. The SMILES string of the molecule is C[C@@H](C(=O)NC1CCCC1)N(Cc1ccc(Cl)cc1)C(=O)CCSCc1ccccc1. The molecule has 2 amide bonds. The Morgan fingerprint density at radius 3 is 2.42 bits per heavy atom. The highest BCUT2D eigenvalue weighted by Crippen LogP contribution is 2.20. The van der Waals surface area contributed by atoms with Crippen LogP contribution in [0.4, 0.5) is 0 Å². The average Bonchev–Trinajstić information content (AvgIpc) is 3.29. The molecule has 0 aliphatic heterocycles. The van der Waals surface area contributed by atoms with Crippen LogP contribution < -0.4 is 5.32 Å². The van der Waals surface area contributed by atoms with Crippen molar-refractivity contribution in [2.45, 2.75) is 63.4 Å². The van der Waals surface area contributed by atoms with E-state index in [2.05, 4.69) is 17.4 Å². The van der Waals surface area contributed by atoms with Gasteiger partial charge in [-0.1, -0.05) is 66.9 Å². The lowest BCUT2D eigenvalue weighted by Crippen LogP contribution is -2.49. The molecule has 3 rings (SSSR count). The molecule has 1 N–H and O–H groups in total. The number of halogens is 1. The van der Waals surface area contributed by atoms with Crippen LogP contribution in [0.15, 0.2) is 54.6 Å². The minimum Gasteiger partial charge on any atom is -0.352 e. The fourth-order valence-electron chi connectivity index (χ4n) is 3.83. The van der Waals surface area contributed by atoms with E-state index in [4.69, 9.17) is 11.6 Å². The zero-order valence-corrected chi connectivity index (χ0v) is 19.6. The topological polar surface area (TPSA) is 49.4 Å². The summed E-state index contributed by atoms with van der Waals surface area (Å²) in [5.41, 5.74) is 2.22. The number of amides is 2. The maximum absolute atomic E-state index is 13.1. The molecule has 0 heterocycles. The van der Waals surface area contributed by atoms with E-state index in [1.165, 1.54) is 5.56 Å². The van der Waals surface area contributed by atoms with Gasteiger partial charge in [0.2, 0.25) is 11.8 Å². The Hall–Kier alpha value is -1.98. The van der Waals surface area contributed by atoms with E-state index < -0.39 is 6.04 Å². The van der Waals surface area contributed by atoms with Gasteiger partial charge in [-0.2, -0.15) is 11.8 Å². The molecular weight excluding hydrogens is 428 g/mol. The summed E-state index contributed by atoms with van der Waals surface area (Å²) in [7, 11) is 0. The fraction of sp³-hybridized carbons (Fsp3) is 0.440. The number of rotatable bonds is 10. The Kier molecular flexibility index (Phi) is 9.29. The highest BCUT2D eigenvalue weighted by atomic mass is 35.5. The quantitative estimate of drug-likeness (QED) is 0.482. The molecular formula is C25H31ClN2O2S. The van der Waals surface area contributed by atoms with Crippen LogP contribution in [0.1, 0.15) is 50.2 Å². The Morgan fingerprint density at radius 1 is 1.06 bits per heavy atom. The van der Waals surface area contributed by atoms with Crippen molar-refractivity contribution in [1.29, 1.82) is 0 Å². The van der Waals surface area contributed by atoms with Crippen LogP contribution in [-0.4, -0.2) is 34.6 Å². The van der Waals surface area contributed by atoms with Gasteiger partial charge in [-0.05, 0) is 43.0 Å². The number of nitrogens with zero attached hydrogens (tertiary/aromatic N) is 1. The summed E-state index contributed by atoms with van der Waals surface area (Å²) in [6.07, 6.45) is 4.78. The molecule has 1 saturated carbocycles. The molecule has 1 atom stereocenters. The maximum Gasteiger partial charge on any atom is 0.242 e. The largest absolute Gasteiger partial charge is 0.352 e. The first-order valence-electron chi connectivity index (χ1n) is 11.0. The summed E-state index contributed by atoms with van der Waals surface area (Å²) in [5.74, 6) is 1.54. The Balaban J connectivity index is 1.59. The van der Waals surface area contributed by atoms with Crippen LogP contribution >= 0.6 is 23.4 Å². The van der Waals surface area contributed by atoms with E-state index in [1.807, 2.05) is 49.4 Å². The van der Waals surface area contributed by atoms with Gasteiger partial charge in [-0.3, -0.25) is 9.59 Å². The first kappa shape index (κ1) is 23.7. The molecule has 2 aromatic carbocycles. The first-order chi connectivity index (χ1) is 15.0. The van der Waals surface area contributed by atoms with E-state index in [1.54, 1.807) is 16.7 Å². The summed E-state index contributed by atoms with van der Waals surface area (Å²) in [6, 6.07) is 17.4. The number of carbonyl (C=O) groups is 2. The van der Waals surface area contributed by atoms with Crippen molar-refractivity contribution >= 4 is 35.2 Å². The molecule has 0 bridgehead atoms. The lowest BCUT2D eigenvalue weighted by molar-refractivity contribution is -0.140. The van der Waals surface area contributed by atoms with Gasteiger partial charge in [0.25, 0.3) is 0 Å². The van der Waals surface area contributed by atoms with Crippen molar-refractivity contribution in [2.75, 3.05) is 5.75 Å². The standard InChI is InChI=1S/C25H31ClN2O2S/c1-19(25(30)27-23-9-5-6-10-23)28(17-20-11-13-22(26)14-12-20)24(29)15-16-31-18-21-7-3-2-4-8-21/h2-4,7-8,11-14,19,23H,5-6,9-10,15-18H2,1H3,(H,27,30)/t19-/m0/s1. The van der Waals surface area contributed by atoms with E-state index in [-0.39, 0.29) is 17.9 Å². The Bertz CT molecular complexity index is 838. The molecule has 0 unspecified atom stereocenters. The molecule has 0 saturated heterocycles. The highest BCUT2D eigenvalue weighted by Gasteiger charge is 2.28. The lowest BCUT2D eigenvalue weighted by atomic mass is 10.1. The monoisotopic (exact) mass is 458 g/mol. The zero-order valence-electron chi connectivity index (χ0n) is 18.1. The van der Waals surface area contributed by atoms with Gasteiger partial charge in [0, 0.05) is 35.5 Å². The van der Waals surface area contributed by atoms with E-state index in [0.29, 0.717) is 18.0 Å². The van der Waals surface area contributed by atoms with Crippen LogP contribution in [0, 0.1) is 0 Å². The number of hydrogen-bond acceptors (Lipinski definition) is 3. The second-order valence-corrected chi connectivity index (χ2v) is 9.64. The number of benzene rings is 2. The zero-order chi connectivity index (χ0) is 22.1. The molecule has 4 nitrogen and oxygen atoms in total. The van der Waals surface area contributed by atoms with Crippen molar-refractivity contribution in [3.8, 4) is 0 Å². The molecule has 1 aliphatic rings. The van der Waals surface area contributed by atoms with E-state index >= 15 is 0 Å². The number of nitrogens with one attached hydrogen (secondary N) is 1. The molecule has 0 spiro atoms. The van der Waals surface area contributed by atoms with Crippen molar-refractivity contribution in [3.63, 3.8) is 0 Å². The van der Waals surface area contributed by atoms with Crippen molar-refractivity contribution in [3.05, 3.63) is 70.7 Å². The predicted molar refractivity (Wildman–Crippen MR) is 129 cm³/mol. The van der Waals surface area contributed by atoms with Crippen LogP contribution in [0.3, 0.4) is 0 Å². The second-order valence-electron chi connectivity index (χ2n) is 8.10. The summed E-state index contributed by atoms with van der Waals surface area (Å²) in [6.45, 7) is 2.23. The van der Waals surface area contributed by atoms with Gasteiger partial charge in [0.1, 0.15) is 6.04 Å². The van der Waals surface area contributed by atoms with Crippen molar-refractivity contribution < 1.29 is 9.59 Å². The lowest BCUT2D eigenvalue weighted by Gasteiger charge is -2.30. The van der Waals surface area contributed by atoms with Crippen LogP contribution in [0.2, 0.25) is 5.02 Å². The normalized spacial score (nSPS) is 14.9. The van der Waals surface area contributed by atoms with Gasteiger partial charge < -0.3 is 10.2 Å². The summed E-state index contributed by atoms with van der Waals surface area (Å²) >= 11 is 7.75. The predicted octanol–water partition coefficient (Wildman–Crippen LogP) is 5.44. The Morgan fingerprint density at radius 2 is 1.74 bits per heavy atom. The number of thioether (sulfide) groups is 1. The summed E-state index contributed by atoms with van der Waals surface area (Å²) < 4.78 is 0. The molecule has 1 fully saturated rings. The van der Waals surface area contributed by atoms with Crippen molar-refractivity contribution in [2.24, 2.45) is 0 Å². The minimum absolute atomic E-state index is 0.00424. The highest BCUT2D eigenvalue weighted by molar-refractivity contribution is 7.98. The molecule has 6 heteroatoms. The molecule has 1 aliphatic carbocycles. The second kappa shape index (κ2) is 12.2. The van der Waals surface area contributed by atoms with Gasteiger partial charge >= 0.3 is 0 Å². The summed E-state index contributed by atoms with van der Waals surface area (Å²) in [4.78, 5) is 27.7. The molecule has 0 aromatic heterocycles. The average molecular weight is 459 g/mol. The third-order valence-corrected chi connectivity index (χ3v) is 6.99. The van der Waals surface area contributed by atoms with Gasteiger partial charge in [-0.25, -0.2) is 0 Å². The third-order valence-electron chi connectivity index (χ3n) is 5.71. The molecule has 166 valence electrons. The molecule has 31 heavy (non-hydrogen) atoms. The maximum atomic E-state index is 13.1. The molecule has 0 radical (unpaired) electrons. The first-order valence-corrected chi connectivity index (χ1v) is 12.5. The number of hydrogen-bond donors (Lipinski definition) is 1. The van der Waals surface area contributed by atoms with Crippen LogP contribution in [0.5, 0.6) is 0 Å². The van der Waals surface area contributed by atoms with Crippen LogP contribution in [0.25, 0.3) is 0 Å². The number of carbonyl (C=O) groups excluding carboxylic acids is 2. The molecule has 2 aromatic rings. The fourth-order valence-corrected chi connectivity index (χ4v) is 4.85. The smallest absolute Gasteiger partial charge is 0.242 e. The van der Waals surface area contributed by atoms with E-state index in [0.717, 1.165) is 42.8 Å². The minimum atomic E-state index is -0.511.